The molecule has 0 bridgehead atoms. The van der Waals surface area contributed by atoms with E-state index in [2.05, 4.69) is 41.8 Å². The minimum absolute atomic E-state index is 0.0397. The predicted molar refractivity (Wildman–Crippen MR) is 123 cm³/mol. The van der Waals surface area contributed by atoms with Crippen LogP contribution in [0.5, 0.6) is 0 Å². The number of carbonyl (C=O) groups is 1. The molecule has 2 heterocycles. The zero-order valence-electron chi connectivity index (χ0n) is 17.0. The van der Waals surface area contributed by atoms with Crippen molar-refractivity contribution in [1.29, 1.82) is 0 Å². The van der Waals surface area contributed by atoms with Crippen molar-refractivity contribution in [3.8, 4) is 5.69 Å². The van der Waals surface area contributed by atoms with Gasteiger partial charge in [-0.1, -0.05) is 28.1 Å². The fourth-order valence-electron chi connectivity index (χ4n) is 3.62. The van der Waals surface area contributed by atoms with Crippen LogP contribution in [0.4, 0.5) is 10.1 Å². The molecule has 0 spiro atoms. The lowest BCUT2D eigenvalue weighted by Gasteiger charge is -2.14. The average Bonchev–Trinajstić information content (AvgIpc) is 3.44. The molecule has 0 saturated heterocycles. The Labute approximate surface area is 190 Å². The summed E-state index contributed by atoms with van der Waals surface area (Å²) < 4.78 is 17.0. The highest BCUT2D eigenvalue weighted by atomic mass is 79.9. The molecule has 1 aliphatic rings. The molecule has 1 aromatic heterocycles. The van der Waals surface area contributed by atoms with Crippen molar-refractivity contribution in [2.45, 2.75) is 0 Å². The minimum Gasteiger partial charge on any atom is -0.358 e. The lowest BCUT2D eigenvalue weighted by Crippen LogP contribution is -2.23. The number of hydrogen-bond donors (Lipinski definition) is 1. The molecule has 3 aromatic carbocycles. The summed E-state index contributed by atoms with van der Waals surface area (Å²) in [5.74, 6) is -0.499. The number of rotatable bonds is 4. The highest BCUT2D eigenvalue weighted by Gasteiger charge is 2.20. The molecule has 0 aliphatic carbocycles. The van der Waals surface area contributed by atoms with E-state index in [9.17, 15) is 9.18 Å². The lowest BCUT2D eigenvalue weighted by atomic mass is 10.1. The summed E-state index contributed by atoms with van der Waals surface area (Å²) in [7, 11) is 1.91. The Kier molecular flexibility index (Phi) is 5.14. The molecule has 1 amide bonds. The second-order valence-corrected chi connectivity index (χ2v) is 8.28. The van der Waals surface area contributed by atoms with Crippen LogP contribution in [-0.4, -0.2) is 57.0 Å². The van der Waals surface area contributed by atoms with E-state index in [-0.39, 0.29) is 11.5 Å². The molecule has 0 radical (unpaired) electrons. The maximum Gasteiger partial charge on any atom is 0.295 e. The highest BCUT2D eigenvalue weighted by Crippen LogP contribution is 2.23. The Bertz CT molecular complexity index is 1380. The maximum atomic E-state index is 14.7. The molecule has 10 heteroatoms. The summed E-state index contributed by atoms with van der Waals surface area (Å²) in [5.41, 5.74) is 1.32. The van der Waals surface area contributed by atoms with Crippen LogP contribution < -0.4 is 5.32 Å². The Balaban J connectivity index is 1.41. The molecule has 32 heavy (non-hydrogen) atoms. The van der Waals surface area contributed by atoms with E-state index in [1.165, 1.54) is 16.8 Å². The third kappa shape index (κ3) is 3.73. The molecule has 160 valence electrons. The van der Waals surface area contributed by atoms with Gasteiger partial charge in [-0.05, 0) is 63.7 Å². The van der Waals surface area contributed by atoms with E-state index in [1.54, 1.807) is 6.07 Å². The Hall–Kier alpha value is -3.66. The quantitative estimate of drug-likeness (QED) is 0.468. The van der Waals surface area contributed by atoms with Crippen LogP contribution in [0.1, 0.15) is 16.2 Å². The number of tetrazole rings is 1. The van der Waals surface area contributed by atoms with Crippen molar-refractivity contribution >= 4 is 44.1 Å². The lowest BCUT2D eigenvalue weighted by molar-refractivity contribution is 0.101. The monoisotopic (exact) mass is 493 g/mol. The molecule has 0 unspecified atom stereocenters. The van der Waals surface area contributed by atoms with Gasteiger partial charge in [-0.3, -0.25) is 9.79 Å². The molecular weight excluding hydrogens is 477 g/mol. The number of aromatic nitrogens is 4. The molecule has 1 aliphatic heterocycles. The van der Waals surface area contributed by atoms with Crippen LogP contribution in [0.2, 0.25) is 0 Å². The van der Waals surface area contributed by atoms with Crippen molar-refractivity contribution in [2.75, 3.05) is 25.5 Å². The van der Waals surface area contributed by atoms with Crippen LogP contribution in [0.25, 0.3) is 16.5 Å². The molecule has 8 nitrogen and oxygen atoms in total. The van der Waals surface area contributed by atoms with Crippen molar-refractivity contribution in [1.82, 2.24) is 25.1 Å². The number of aliphatic imine (C=N–C) groups is 1. The van der Waals surface area contributed by atoms with Gasteiger partial charge in [0.1, 0.15) is 11.7 Å². The second kappa shape index (κ2) is 8.12. The number of hydrogen-bond acceptors (Lipinski definition) is 6. The van der Waals surface area contributed by atoms with Gasteiger partial charge >= 0.3 is 0 Å². The summed E-state index contributed by atoms with van der Waals surface area (Å²) >= 11 is 3.45. The summed E-state index contributed by atoms with van der Waals surface area (Å²) in [6, 6.07) is 16.1. The molecule has 5 rings (SSSR count). The Morgan fingerprint density at radius 1 is 1.09 bits per heavy atom. The number of nitrogens with one attached hydrogen (secondary N) is 1. The van der Waals surface area contributed by atoms with Crippen molar-refractivity contribution in [3.63, 3.8) is 0 Å². The number of carbonyl (C=O) groups excluding carboxylic acids is 1. The van der Waals surface area contributed by atoms with E-state index >= 15 is 0 Å². The van der Waals surface area contributed by atoms with E-state index in [0.717, 1.165) is 27.6 Å². The fraction of sp³-hybridized carbons (Fsp3) is 0.136. The maximum absolute atomic E-state index is 14.7. The normalized spacial score (nSPS) is 13.5. The number of amides is 1. The largest absolute Gasteiger partial charge is 0.358 e. The van der Waals surface area contributed by atoms with Gasteiger partial charge in [0.25, 0.3) is 5.91 Å². The van der Waals surface area contributed by atoms with Crippen LogP contribution in [0.3, 0.4) is 0 Å². The second-order valence-electron chi connectivity index (χ2n) is 7.37. The van der Waals surface area contributed by atoms with Gasteiger partial charge < -0.3 is 10.2 Å². The number of halogens is 2. The first-order valence-corrected chi connectivity index (χ1v) is 10.6. The van der Waals surface area contributed by atoms with Gasteiger partial charge in [0.15, 0.2) is 0 Å². The first-order valence-electron chi connectivity index (χ1n) is 9.84. The van der Waals surface area contributed by atoms with Gasteiger partial charge in [0.05, 0.1) is 17.9 Å². The Morgan fingerprint density at radius 3 is 2.69 bits per heavy atom. The van der Waals surface area contributed by atoms with E-state index in [1.807, 2.05) is 48.3 Å². The molecule has 0 atom stereocenters. The zero-order chi connectivity index (χ0) is 22.2. The van der Waals surface area contributed by atoms with E-state index in [0.29, 0.717) is 17.8 Å². The van der Waals surface area contributed by atoms with Crippen molar-refractivity contribution < 1.29 is 9.18 Å². The average molecular weight is 494 g/mol. The van der Waals surface area contributed by atoms with Crippen molar-refractivity contribution in [2.24, 2.45) is 4.99 Å². The number of likely N-dealkylation sites (N-methyl/N-ethyl adjacent to an activating group) is 1. The smallest absolute Gasteiger partial charge is 0.295 e. The summed E-state index contributed by atoms with van der Waals surface area (Å²) in [6.07, 6.45) is 0. The zero-order valence-corrected chi connectivity index (χ0v) is 18.5. The van der Waals surface area contributed by atoms with E-state index in [4.69, 9.17) is 0 Å². The third-order valence-corrected chi connectivity index (χ3v) is 5.73. The molecular formula is C22H17BrFN7O. The molecule has 0 saturated carbocycles. The summed E-state index contributed by atoms with van der Waals surface area (Å²) in [4.78, 5) is 19.2. The van der Waals surface area contributed by atoms with Crippen LogP contribution in [-0.2, 0) is 0 Å². The fourth-order valence-corrected chi connectivity index (χ4v) is 4.00. The van der Waals surface area contributed by atoms with Gasteiger partial charge in [0, 0.05) is 23.6 Å². The number of nitrogens with zero attached hydrogens (tertiary/aromatic N) is 6. The van der Waals surface area contributed by atoms with Crippen LogP contribution in [0, 0.1) is 5.82 Å². The summed E-state index contributed by atoms with van der Waals surface area (Å²) in [5, 5.41) is 16.0. The topological polar surface area (TPSA) is 88.3 Å². The first-order chi connectivity index (χ1) is 15.5. The predicted octanol–water partition coefficient (Wildman–Crippen LogP) is 3.66. The van der Waals surface area contributed by atoms with Gasteiger partial charge in [-0.2, -0.15) is 4.68 Å². The number of anilines is 1. The third-order valence-electron chi connectivity index (χ3n) is 5.24. The number of amidine groups is 1. The SMILES string of the molecule is CN1CCN=C1c1ccc(NC(=O)c2nnnn2-c2ccc3cc(Br)ccc3c2)c(F)c1. The van der Waals surface area contributed by atoms with Crippen LogP contribution >= 0.6 is 15.9 Å². The van der Waals surface area contributed by atoms with Crippen molar-refractivity contribution in [3.05, 3.63) is 76.3 Å². The van der Waals surface area contributed by atoms with E-state index < -0.39 is 11.7 Å². The highest BCUT2D eigenvalue weighted by molar-refractivity contribution is 9.10. The van der Waals surface area contributed by atoms with Crippen LogP contribution in [0.15, 0.2) is 64.1 Å². The standard InChI is InChI=1S/C22H17BrFN7O/c1-30-9-8-25-20(30)15-4-7-19(18(24)12-15)26-22(32)21-27-28-29-31(21)17-6-3-13-10-16(23)5-2-14(13)11-17/h2-7,10-12H,8-9H2,1H3,(H,26,32). The first kappa shape index (κ1) is 20.3. The molecule has 0 fully saturated rings. The van der Waals surface area contributed by atoms with Gasteiger partial charge in [-0.25, -0.2) is 4.39 Å². The molecule has 1 N–H and O–H groups in total. The van der Waals surface area contributed by atoms with Gasteiger partial charge in [0.2, 0.25) is 5.82 Å². The van der Waals surface area contributed by atoms with Gasteiger partial charge in [-0.15, -0.1) is 5.10 Å². The molecule has 4 aromatic rings. The minimum atomic E-state index is -0.618. The summed E-state index contributed by atoms with van der Waals surface area (Å²) in [6.45, 7) is 1.48. The number of benzene rings is 3. The number of fused-ring (bicyclic) bond motifs is 1. The Morgan fingerprint density at radius 2 is 1.91 bits per heavy atom.